The number of carbonyl (C=O) groups excluding carboxylic acids is 1. The zero-order chi connectivity index (χ0) is 23.1. The molecule has 2 aliphatic rings. The summed E-state index contributed by atoms with van der Waals surface area (Å²) in [5.74, 6) is 0.567. The quantitative estimate of drug-likeness (QED) is 0.584. The monoisotopic (exact) mass is 501 g/mol. The number of rotatable bonds is 4. The average Bonchev–Trinajstić information content (AvgIpc) is 3.44. The molecule has 0 unspecified atom stereocenters. The number of likely N-dealkylation sites (tertiary alicyclic amines) is 1. The second-order valence-corrected chi connectivity index (χ2v) is 10.8. The van der Waals surface area contributed by atoms with E-state index < -0.39 is 10.0 Å². The van der Waals surface area contributed by atoms with Crippen LogP contribution in [0.5, 0.6) is 0 Å². The number of benzene rings is 2. The van der Waals surface area contributed by atoms with Crippen LogP contribution in [0.2, 0.25) is 0 Å². The van der Waals surface area contributed by atoms with Gasteiger partial charge in [-0.05, 0) is 43.5 Å². The van der Waals surface area contributed by atoms with Crippen molar-refractivity contribution in [2.45, 2.75) is 25.2 Å². The van der Waals surface area contributed by atoms with Crippen molar-refractivity contribution in [2.24, 2.45) is 0 Å². The van der Waals surface area contributed by atoms with Gasteiger partial charge in [-0.25, -0.2) is 18.2 Å². The molecule has 1 N–H and O–H groups in total. The number of piperidine rings is 1. The van der Waals surface area contributed by atoms with Crippen LogP contribution in [0, 0.1) is 0 Å². The number of aromatic nitrogens is 2. The molecule has 180 valence electrons. The Morgan fingerprint density at radius 3 is 2.44 bits per heavy atom. The Balaban J connectivity index is 0.00000274. The van der Waals surface area contributed by atoms with Gasteiger partial charge >= 0.3 is 6.03 Å². The van der Waals surface area contributed by atoms with E-state index >= 15 is 0 Å². The Labute approximate surface area is 206 Å². The van der Waals surface area contributed by atoms with Crippen molar-refractivity contribution in [3.8, 4) is 5.69 Å². The molecule has 1 saturated heterocycles. The third-order valence-corrected chi connectivity index (χ3v) is 8.50. The minimum absolute atomic E-state index is 0. The molecule has 1 spiro atoms. The molecule has 2 aliphatic heterocycles. The number of imidazole rings is 1. The van der Waals surface area contributed by atoms with Crippen molar-refractivity contribution in [1.82, 2.24) is 14.5 Å². The number of sulfonamides is 1. The first-order valence-electron chi connectivity index (χ1n) is 11.2. The Kier molecular flexibility index (Phi) is 6.60. The number of hydrogen-bond donors (Lipinski definition) is 1. The molecule has 10 heteroatoms. The minimum Gasteiger partial charge on any atom is -0.324 e. The van der Waals surface area contributed by atoms with Crippen LogP contribution in [0.4, 0.5) is 16.3 Å². The summed E-state index contributed by atoms with van der Waals surface area (Å²) in [6.45, 7) is 3.23. The number of hydrogen-bond acceptors (Lipinski definition) is 4. The highest BCUT2D eigenvalue weighted by molar-refractivity contribution is 7.92. The summed E-state index contributed by atoms with van der Waals surface area (Å²) in [7, 11) is -3.35. The van der Waals surface area contributed by atoms with E-state index in [0.29, 0.717) is 38.3 Å². The zero-order valence-electron chi connectivity index (χ0n) is 18.9. The number of fused-ring (bicyclic) bond motifs is 2. The molecule has 0 bridgehead atoms. The van der Waals surface area contributed by atoms with E-state index in [9.17, 15) is 13.2 Å². The number of nitrogens with one attached hydrogen (secondary N) is 1. The third kappa shape index (κ3) is 4.25. The molecule has 1 fully saturated rings. The van der Waals surface area contributed by atoms with E-state index in [1.54, 1.807) is 28.7 Å². The molecule has 5 rings (SSSR count). The lowest BCUT2D eigenvalue weighted by Crippen LogP contribution is -2.49. The van der Waals surface area contributed by atoms with Gasteiger partial charge in [0.1, 0.15) is 6.33 Å². The van der Waals surface area contributed by atoms with Gasteiger partial charge in [0, 0.05) is 30.7 Å². The molecule has 0 aliphatic carbocycles. The van der Waals surface area contributed by atoms with E-state index in [0.717, 1.165) is 16.9 Å². The van der Waals surface area contributed by atoms with Crippen molar-refractivity contribution in [3.05, 3.63) is 72.7 Å². The largest absolute Gasteiger partial charge is 0.324 e. The Morgan fingerprint density at radius 1 is 1.06 bits per heavy atom. The highest BCUT2D eigenvalue weighted by atomic mass is 35.5. The lowest BCUT2D eigenvalue weighted by molar-refractivity contribution is 0.173. The SMILES string of the molecule is CCS(=O)(=O)N1CC2(CCN(C(=O)Nc3cn(-c4ccccc4)cn3)CC2)c2ccccc21.Cl. The summed E-state index contributed by atoms with van der Waals surface area (Å²) in [6.07, 6.45) is 4.89. The number of anilines is 2. The highest BCUT2D eigenvalue weighted by Gasteiger charge is 2.47. The molecule has 0 saturated carbocycles. The summed E-state index contributed by atoms with van der Waals surface area (Å²) in [5, 5.41) is 2.89. The first-order chi connectivity index (χ1) is 15.9. The molecule has 2 aromatic carbocycles. The summed E-state index contributed by atoms with van der Waals surface area (Å²) in [6, 6.07) is 17.4. The average molecular weight is 502 g/mol. The second-order valence-electron chi connectivity index (χ2n) is 8.62. The van der Waals surface area contributed by atoms with Crippen molar-refractivity contribution >= 4 is 40.0 Å². The number of nitrogens with zero attached hydrogens (tertiary/aromatic N) is 4. The predicted octanol–water partition coefficient (Wildman–Crippen LogP) is 4.03. The number of para-hydroxylation sites is 2. The van der Waals surface area contributed by atoms with Crippen LogP contribution in [0.3, 0.4) is 0 Å². The van der Waals surface area contributed by atoms with E-state index in [1.807, 2.05) is 59.2 Å². The van der Waals surface area contributed by atoms with Gasteiger partial charge in [0.05, 0.1) is 17.6 Å². The smallest absolute Gasteiger partial charge is 0.323 e. The van der Waals surface area contributed by atoms with E-state index in [4.69, 9.17) is 0 Å². The van der Waals surface area contributed by atoms with Crippen LogP contribution in [-0.4, -0.2) is 54.3 Å². The van der Waals surface area contributed by atoms with Crippen molar-refractivity contribution < 1.29 is 13.2 Å². The fourth-order valence-corrected chi connectivity index (χ4v) is 6.09. The number of carbonyl (C=O) groups is 1. The van der Waals surface area contributed by atoms with Gasteiger partial charge in [-0.2, -0.15) is 0 Å². The first-order valence-corrected chi connectivity index (χ1v) is 12.8. The van der Waals surface area contributed by atoms with Crippen molar-refractivity contribution in [1.29, 1.82) is 0 Å². The Bertz CT molecular complexity index is 1270. The van der Waals surface area contributed by atoms with Crippen molar-refractivity contribution in [3.63, 3.8) is 0 Å². The molecular formula is C24H28ClN5O3S. The lowest BCUT2D eigenvalue weighted by Gasteiger charge is -2.39. The summed E-state index contributed by atoms with van der Waals surface area (Å²) >= 11 is 0. The topological polar surface area (TPSA) is 87.5 Å². The van der Waals surface area contributed by atoms with Crippen LogP contribution >= 0.6 is 12.4 Å². The highest BCUT2D eigenvalue weighted by Crippen LogP contribution is 2.48. The van der Waals surface area contributed by atoms with E-state index in [2.05, 4.69) is 10.3 Å². The normalized spacial score (nSPS) is 16.7. The number of amides is 2. The molecule has 0 radical (unpaired) electrons. The van der Waals surface area contributed by atoms with Gasteiger partial charge in [-0.1, -0.05) is 36.4 Å². The fourth-order valence-electron chi connectivity index (χ4n) is 4.87. The summed E-state index contributed by atoms with van der Waals surface area (Å²) in [5.41, 5.74) is 2.56. The van der Waals surface area contributed by atoms with Gasteiger partial charge in [0.25, 0.3) is 0 Å². The molecule has 8 nitrogen and oxygen atoms in total. The van der Waals surface area contributed by atoms with Crippen LogP contribution < -0.4 is 9.62 Å². The van der Waals surface area contributed by atoms with E-state index in [1.165, 1.54) is 0 Å². The molecule has 0 atom stereocenters. The Morgan fingerprint density at radius 2 is 1.74 bits per heavy atom. The molecule has 1 aromatic heterocycles. The number of urea groups is 1. The van der Waals surface area contributed by atoms with Gasteiger partial charge in [-0.15, -0.1) is 12.4 Å². The first kappa shape index (κ1) is 24.1. The van der Waals surface area contributed by atoms with Gasteiger partial charge < -0.3 is 9.47 Å². The molecule has 3 heterocycles. The van der Waals surface area contributed by atoms with Gasteiger partial charge in [-0.3, -0.25) is 9.62 Å². The molecule has 34 heavy (non-hydrogen) atoms. The van der Waals surface area contributed by atoms with E-state index in [-0.39, 0.29) is 29.6 Å². The second kappa shape index (κ2) is 9.31. The van der Waals surface area contributed by atoms with Gasteiger partial charge in [0.2, 0.25) is 10.0 Å². The third-order valence-electron chi connectivity index (χ3n) is 6.77. The maximum absolute atomic E-state index is 12.9. The zero-order valence-corrected chi connectivity index (χ0v) is 20.6. The minimum atomic E-state index is -3.35. The molecule has 2 amide bonds. The maximum atomic E-state index is 12.9. The van der Waals surface area contributed by atoms with Crippen molar-refractivity contribution in [2.75, 3.05) is 35.0 Å². The number of halogens is 1. The van der Waals surface area contributed by atoms with Crippen LogP contribution in [0.25, 0.3) is 5.69 Å². The predicted molar refractivity (Wildman–Crippen MR) is 136 cm³/mol. The standard InChI is InChI=1S/C24H27N5O3S.ClH/c1-2-33(31,32)29-17-24(20-10-6-7-11-21(20)29)12-14-27(15-13-24)23(30)26-22-16-28(18-25-22)19-8-4-3-5-9-19;/h3-11,16,18H,2,12-15,17H2,1H3,(H,26,30);1H. The maximum Gasteiger partial charge on any atom is 0.323 e. The molecular weight excluding hydrogens is 474 g/mol. The van der Waals surface area contributed by atoms with Crippen LogP contribution in [0.1, 0.15) is 25.3 Å². The Hall–Kier alpha value is -3.04. The summed E-state index contributed by atoms with van der Waals surface area (Å²) < 4.78 is 28.8. The lowest BCUT2D eigenvalue weighted by atomic mass is 9.74. The summed E-state index contributed by atoms with van der Waals surface area (Å²) in [4.78, 5) is 19.0. The van der Waals surface area contributed by atoms with Crippen LogP contribution in [-0.2, 0) is 15.4 Å². The van der Waals surface area contributed by atoms with Crippen LogP contribution in [0.15, 0.2) is 67.1 Å². The fraction of sp³-hybridized carbons (Fsp3) is 0.333. The van der Waals surface area contributed by atoms with Gasteiger partial charge in [0.15, 0.2) is 5.82 Å². The molecule has 3 aromatic rings.